The Balaban J connectivity index is 1.99. The molecule has 0 atom stereocenters. The van der Waals surface area contributed by atoms with Crippen LogP contribution in [0.3, 0.4) is 0 Å². The van der Waals surface area contributed by atoms with Crippen LogP contribution in [0.4, 0.5) is 10.1 Å². The molecule has 0 bridgehead atoms. The van der Waals surface area contributed by atoms with Crippen LogP contribution in [0.25, 0.3) is 0 Å². The summed E-state index contributed by atoms with van der Waals surface area (Å²) in [6, 6.07) is 12.9. The van der Waals surface area contributed by atoms with E-state index in [-0.39, 0.29) is 5.82 Å². The van der Waals surface area contributed by atoms with Crippen molar-refractivity contribution in [2.45, 2.75) is 12.4 Å². The van der Waals surface area contributed by atoms with Crippen molar-refractivity contribution >= 4 is 33.2 Å². The van der Waals surface area contributed by atoms with E-state index in [1.807, 2.05) is 24.3 Å². The van der Waals surface area contributed by atoms with Crippen molar-refractivity contribution in [3.63, 3.8) is 0 Å². The monoisotopic (exact) mass is 327 g/mol. The highest BCUT2D eigenvalue weighted by Crippen LogP contribution is 2.18. The molecule has 0 saturated heterocycles. The minimum absolute atomic E-state index is 0.245. The van der Waals surface area contributed by atoms with Crippen LogP contribution in [-0.2, 0) is 12.4 Å². The largest absolute Gasteiger partial charge is 0.381 e. The first-order chi connectivity index (χ1) is 8.69. The van der Waals surface area contributed by atoms with Gasteiger partial charge in [-0.25, -0.2) is 4.39 Å². The fraction of sp³-hybridized carbons (Fsp3) is 0.143. The van der Waals surface area contributed by atoms with E-state index >= 15 is 0 Å². The Hall–Kier alpha value is -1.06. The Labute approximate surface area is 119 Å². The number of rotatable bonds is 4. The third kappa shape index (κ3) is 3.47. The van der Waals surface area contributed by atoms with Crippen LogP contribution in [0.2, 0.25) is 0 Å². The molecule has 0 aliphatic heterocycles. The van der Waals surface area contributed by atoms with Gasteiger partial charge in [0.05, 0.1) is 4.47 Å². The average molecular weight is 329 g/mol. The molecule has 0 fully saturated rings. The zero-order valence-electron chi connectivity index (χ0n) is 9.59. The maximum absolute atomic E-state index is 13.1. The minimum Gasteiger partial charge on any atom is -0.381 e. The van der Waals surface area contributed by atoms with Crippen molar-refractivity contribution in [2.75, 3.05) is 5.32 Å². The first kappa shape index (κ1) is 13.4. The van der Waals surface area contributed by atoms with Crippen LogP contribution in [0.15, 0.2) is 46.9 Å². The molecule has 2 aromatic rings. The topological polar surface area (TPSA) is 12.0 Å². The first-order valence-electron chi connectivity index (χ1n) is 5.52. The second-order valence-electron chi connectivity index (χ2n) is 3.93. The molecule has 0 aromatic heterocycles. The third-order valence-corrected chi connectivity index (χ3v) is 3.51. The van der Waals surface area contributed by atoms with Gasteiger partial charge in [-0.3, -0.25) is 0 Å². The summed E-state index contributed by atoms with van der Waals surface area (Å²) in [6.45, 7) is 0.652. The second kappa shape index (κ2) is 6.21. The lowest BCUT2D eigenvalue weighted by atomic mass is 10.2. The molecule has 2 rings (SSSR count). The van der Waals surface area contributed by atoms with Gasteiger partial charge in [0.1, 0.15) is 5.82 Å². The van der Waals surface area contributed by atoms with Crippen molar-refractivity contribution in [1.29, 1.82) is 0 Å². The van der Waals surface area contributed by atoms with E-state index in [2.05, 4.69) is 21.2 Å². The summed E-state index contributed by atoms with van der Waals surface area (Å²) in [5.41, 5.74) is 3.13. The lowest BCUT2D eigenvalue weighted by Gasteiger charge is -2.07. The summed E-state index contributed by atoms with van der Waals surface area (Å²) in [4.78, 5) is 0. The quantitative estimate of drug-likeness (QED) is 0.784. The highest BCUT2D eigenvalue weighted by Gasteiger charge is 2.00. The molecule has 1 nitrogen and oxygen atoms in total. The number of halogens is 3. The van der Waals surface area contributed by atoms with E-state index < -0.39 is 0 Å². The summed E-state index contributed by atoms with van der Waals surface area (Å²) in [6.07, 6.45) is 0. The Morgan fingerprint density at radius 2 is 1.72 bits per heavy atom. The molecule has 0 saturated carbocycles. The van der Waals surface area contributed by atoms with Gasteiger partial charge in [-0.05, 0) is 51.3 Å². The molecular formula is C14H12BrClFN. The molecule has 0 aliphatic rings. The van der Waals surface area contributed by atoms with Crippen LogP contribution in [0.1, 0.15) is 11.1 Å². The molecule has 4 heteroatoms. The Kier molecular flexibility index (Phi) is 4.61. The average Bonchev–Trinajstić information content (AvgIpc) is 2.41. The van der Waals surface area contributed by atoms with Gasteiger partial charge < -0.3 is 5.32 Å². The molecule has 0 spiro atoms. The molecule has 0 heterocycles. The van der Waals surface area contributed by atoms with E-state index in [4.69, 9.17) is 11.6 Å². The van der Waals surface area contributed by atoms with Crippen molar-refractivity contribution in [3.8, 4) is 0 Å². The Morgan fingerprint density at radius 3 is 2.33 bits per heavy atom. The molecule has 2 aromatic carbocycles. The molecule has 0 radical (unpaired) electrons. The SMILES string of the molecule is Fc1ccc(CNc2ccc(CCl)cc2)cc1Br. The summed E-state index contributed by atoms with van der Waals surface area (Å²) >= 11 is 8.90. The highest BCUT2D eigenvalue weighted by atomic mass is 79.9. The summed E-state index contributed by atoms with van der Waals surface area (Å²) in [7, 11) is 0. The van der Waals surface area contributed by atoms with Gasteiger partial charge in [-0.1, -0.05) is 18.2 Å². The van der Waals surface area contributed by atoms with Gasteiger partial charge in [-0.15, -0.1) is 11.6 Å². The number of hydrogen-bond donors (Lipinski definition) is 1. The van der Waals surface area contributed by atoms with Gasteiger partial charge in [0.25, 0.3) is 0 Å². The maximum atomic E-state index is 13.1. The fourth-order valence-corrected chi connectivity index (χ4v) is 2.17. The zero-order valence-corrected chi connectivity index (χ0v) is 11.9. The van der Waals surface area contributed by atoms with Crippen molar-refractivity contribution in [1.82, 2.24) is 0 Å². The number of hydrogen-bond acceptors (Lipinski definition) is 1. The van der Waals surface area contributed by atoms with E-state index in [0.717, 1.165) is 16.8 Å². The minimum atomic E-state index is -0.245. The maximum Gasteiger partial charge on any atom is 0.137 e. The fourth-order valence-electron chi connectivity index (χ4n) is 1.57. The van der Waals surface area contributed by atoms with Crippen LogP contribution in [-0.4, -0.2) is 0 Å². The predicted molar refractivity (Wildman–Crippen MR) is 77.4 cm³/mol. The lowest BCUT2D eigenvalue weighted by Crippen LogP contribution is -1.99. The van der Waals surface area contributed by atoms with Crippen molar-refractivity contribution in [3.05, 3.63) is 63.9 Å². The number of anilines is 1. The zero-order chi connectivity index (χ0) is 13.0. The molecule has 1 N–H and O–H groups in total. The van der Waals surface area contributed by atoms with Gasteiger partial charge in [0.15, 0.2) is 0 Å². The van der Waals surface area contributed by atoms with Crippen LogP contribution < -0.4 is 5.32 Å². The number of benzene rings is 2. The highest BCUT2D eigenvalue weighted by molar-refractivity contribution is 9.10. The smallest absolute Gasteiger partial charge is 0.137 e. The Bertz CT molecular complexity index is 528. The molecule has 94 valence electrons. The Morgan fingerprint density at radius 1 is 1.06 bits per heavy atom. The van der Waals surface area contributed by atoms with Crippen LogP contribution >= 0.6 is 27.5 Å². The number of nitrogens with one attached hydrogen (secondary N) is 1. The van der Waals surface area contributed by atoms with E-state index in [1.54, 1.807) is 12.1 Å². The molecule has 18 heavy (non-hydrogen) atoms. The van der Waals surface area contributed by atoms with Crippen molar-refractivity contribution in [2.24, 2.45) is 0 Å². The van der Waals surface area contributed by atoms with Gasteiger partial charge in [-0.2, -0.15) is 0 Å². The van der Waals surface area contributed by atoms with Gasteiger partial charge in [0.2, 0.25) is 0 Å². The number of alkyl halides is 1. The first-order valence-corrected chi connectivity index (χ1v) is 6.84. The molecule has 0 aliphatic carbocycles. The van der Waals surface area contributed by atoms with Crippen LogP contribution in [0.5, 0.6) is 0 Å². The second-order valence-corrected chi connectivity index (χ2v) is 5.05. The van der Waals surface area contributed by atoms with Crippen molar-refractivity contribution < 1.29 is 4.39 Å². The molecular weight excluding hydrogens is 317 g/mol. The van der Waals surface area contributed by atoms with E-state index in [0.29, 0.717) is 16.9 Å². The summed E-state index contributed by atoms with van der Waals surface area (Å²) < 4.78 is 13.6. The van der Waals surface area contributed by atoms with Crippen LogP contribution in [0, 0.1) is 5.82 Å². The standard InChI is InChI=1S/C14H12BrClFN/c15-13-7-11(3-6-14(13)17)9-18-12-4-1-10(8-16)2-5-12/h1-7,18H,8-9H2. The predicted octanol–water partition coefficient (Wildman–Crippen LogP) is 4.94. The summed E-state index contributed by atoms with van der Waals surface area (Å²) in [5.74, 6) is 0.274. The molecule has 0 amide bonds. The normalized spacial score (nSPS) is 10.4. The summed E-state index contributed by atoms with van der Waals surface area (Å²) in [5, 5.41) is 3.27. The van der Waals surface area contributed by atoms with Gasteiger partial charge >= 0.3 is 0 Å². The molecule has 0 unspecified atom stereocenters. The lowest BCUT2D eigenvalue weighted by molar-refractivity contribution is 0.620. The third-order valence-electron chi connectivity index (χ3n) is 2.59. The van der Waals surface area contributed by atoms with E-state index in [9.17, 15) is 4.39 Å². The van der Waals surface area contributed by atoms with Gasteiger partial charge in [0, 0.05) is 18.1 Å². The van der Waals surface area contributed by atoms with E-state index in [1.165, 1.54) is 6.07 Å².